The monoisotopic (exact) mass is 428 g/mol. The van der Waals surface area contributed by atoms with Crippen molar-refractivity contribution < 1.29 is 9.90 Å². The highest BCUT2D eigenvalue weighted by Gasteiger charge is 2.24. The van der Waals surface area contributed by atoms with Gasteiger partial charge >= 0.3 is 5.97 Å². The Labute approximate surface area is 185 Å². The van der Waals surface area contributed by atoms with Gasteiger partial charge in [0.25, 0.3) is 5.56 Å². The Morgan fingerprint density at radius 3 is 2.56 bits per heavy atom. The van der Waals surface area contributed by atoms with E-state index < -0.39 is 11.5 Å². The van der Waals surface area contributed by atoms with Crippen LogP contribution in [0, 0.1) is 6.92 Å². The third-order valence-electron chi connectivity index (χ3n) is 5.35. The number of unbranched alkanes of at least 4 members (excludes halogenated alkanes) is 1. The minimum absolute atomic E-state index is 0.0164. The zero-order chi connectivity index (χ0) is 22.7. The summed E-state index contributed by atoms with van der Waals surface area (Å²) in [5.41, 5.74) is 1.86. The number of aromatic carboxylic acids is 1. The van der Waals surface area contributed by atoms with Crippen LogP contribution in [0.25, 0.3) is 22.0 Å². The van der Waals surface area contributed by atoms with Crippen molar-refractivity contribution in [1.29, 1.82) is 0 Å². The lowest BCUT2D eigenvalue weighted by molar-refractivity contribution is 0.0698. The summed E-state index contributed by atoms with van der Waals surface area (Å²) in [6, 6.07) is 15.0. The van der Waals surface area contributed by atoms with Crippen LogP contribution in [-0.2, 0) is 6.54 Å². The van der Waals surface area contributed by atoms with Crippen molar-refractivity contribution in [2.24, 2.45) is 0 Å². The molecule has 2 aromatic heterocycles. The minimum Gasteiger partial charge on any atom is -0.478 e. The highest BCUT2D eigenvalue weighted by molar-refractivity contribution is 6.03. The van der Waals surface area contributed by atoms with Crippen molar-refractivity contribution in [3.05, 3.63) is 82.4 Å². The Morgan fingerprint density at radius 2 is 1.84 bits per heavy atom. The van der Waals surface area contributed by atoms with Crippen molar-refractivity contribution in [1.82, 2.24) is 14.8 Å². The summed E-state index contributed by atoms with van der Waals surface area (Å²) < 4.78 is 1.35. The van der Waals surface area contributed by atoms with E-state index in [1.807, 2.05) is 62.4 Å². The Hall–Kier alpha value is -4.00. The average Bonchev–Trinajstić information content (AvgIpc) is 2.80. The first-order chi connectivity index (χ1) is 15.5. The molecule has 0 bridgehead atoms. The second-order valence-electron chi connectivity index (χ2n) is 7.68. The van der Waals surface area contributed by atoms with Crippen LogP contribution in [0.2, 0.25) is 0 Å². The van der Waals surface area contributed by atoms with Crippen LogP contribution in [-0.4, -0.2) is 25.8 Å². The summed E-state index contributed by atoms with van der Waals surface area (Å²) in [4.78, 5) is 29.9. The fraction of sp³-hybridized carbons (Fsp3) is 0.200. The van der Waals surface area contributed by atoms with Gasteiger partial charge in [0.05, 0.1) is 11.9 Å². The predicted octanol–water partition coefficient (Wildman–Crippen LogP) is 5.01. The Balaban J connectivity index is 1.97. The van der Waals surface area contributed by atoms with Crippen molar-refractivity contribution in [2.75, 3.05) is 5.32 Å². The summed E-state index contributed by atoms with van der Waals surface area (Å²) in [5, 5.41) is 19.4. The molecule has 162 valence electrons. The average molecular weight is 428 g/mol. The van der Waals surface area contributed by atoms with Crippen LogP contribution < -0.4 is 10.9 Å². The molecular weight excluding hydrogens is 404 g/mol. The largest absolute Gasteiger partial charge is 0.478 e. The van der Waals surface area contributed by atoms with E-state index in [1.54, 1.807) is 12.4 Å². The molecule has 2 aromatic carbocycles. The van der Waals surface area contributed by atoms with Crippen LogP contribution >= 0.6 is 0 Å². The molecule has 7 nitrogen and oxygen atoms in total. The Morgan fingerprint density at radius 1 is 1.09 bits per heavy atom. The fourth-order valence-electron chi connectivity index (χ4n) is 3.62. The summed E-state index contributed by atoms with van der Waals surface area (Å²) in [6.45, 7) is 4.38. The molecule has 0 atom stereocenters. The molecule has 0 aliphatic heterocycles. The first-order valence-electron chi connectivity index (χ1n) is 10.5. The molecule has 0 aliphatic carbocycles. The lowest BCUT2D eigenvalue weighted by Crippen LogP contribution is -2.29. The smallest absolute Gasteiger partial charge is 0.340 e. The SMILES string of the molecule is CCCCn1nc(-c2ccc(C)cc2)c(C(=O)O)c(Nc2cncc3ccccc23)c1=O. The number of hydrogen-bond acceptors (Lipinski definition) is 5. The van der Waals surface area contributed by atoms with Gasteiger partial charge in [-0.1, -0.05) is 67.4 Å². The van der Waals surface area contributed by atoms with Crippen molar-refractivity contribution in [3.8, 4) is 11.3 Å². The first-order valence-corrected chi connectivity index (χ1v) is 10.5. The molecule has 0 radical (unpaired) electrons. The van der Waals surface area contributed by atoms with E-state index in [1.165, 1.54) is 4.68 Å². The zero-order valence-electron chi connectivity index (χ0n) is 18.0. The van der Waals surface area contributed by atoms with Crippen LogP contribution in [0.4, 0.5) is 11.4 Å². The van der Waals surface area contributed by atoms with Gasteiger partial charge in [0.2, 0.25) is 0 Å². The van der Waals surface area contributed by atoms with E-state index in [9.17, 15) is 14.7 Å². The molecule has 0 amide bonds. The molecular formula is C25H24N4O3. The molecule has 4 aromatic rings. The highest BCUT2D eigenvalue weighted by Crippen LogP contribution is 2.30. The lowest BCUT2D eigenvalue weighted by Gasteiger charge is -2.17. The fourth-order valence-corrected chi connectivity index (χ4v) is 3.62. The molecule has 0 saturated carbocycles. The van der Waals surface area contributed by atoms with Crippen molar-refractivity contribution >= 4 is 28.1 Å². The molecule has 0 spiro atoms. The molecule has 4 rings (SSSR count). The number of anilines is 2. The van der Waals surface area contributed by atoms with E-state index in [2.05, 4.69) is 15.4 Å². The molecule has 0 saturated heterocycles. The Kier molecular flexibility index (Phi) is 5.98. The van der Waals surface area contributed by atoms with Gasteiger partial charge in [0, 0.05) is 29.1 Å². The minimum atomic E-state index is -1.22. The number of pyridine rings is 1. The van der Waals surface area contributed by atoms with Gasteiger partial charge in [-0.2, -0.15) is 5.10 Å². The molecule has 0 aliphatic rings. The third-order valence-corrected chi connectivity index (χ3v) is 5.35. The number of aryl methyl sites for hydroxylation is 2. The van der Waals surface area contributed by atoms with E-state index in [0.717, 1.165) is 29.2 Å². The lowest BCUT2D eigenvalue weighted by atomic mass is 10.0. The van der Waals surface area contributed by atoms with Crippen LogP contribution in [0.1, 0.15) is 35.7 Å². The number of carbonyl (C=O) groups is 1. The van der Waals surface area contributed by atoms with Gasteiger partial charge in [-0.3, -0.25) is 9.78 Å². The maximum atomic E-state index is 13.3. The number of fused-ring (bicyclic) bond motifs is 1. The normalized spacial score (nSPS) is 10.9. The second kappa shape index (κ2) is 9.01. The predicted molar refractivity (Wildman–Crippen MR) is 126 cm³/mol. The summed E-state index contributed by atoms with van der Waals surface area (Å²) in [5.74, 6) is -1.22. The number of hydrogen-bond donors (Lipinski definition) is 2. The van der Waals surface area contributed by atoms with E-state index in [4.69, 9.17) is 0 Å². The quantitative estimate of drug-likeness (QED) is 0.429. The third kappa shape index (κ3) is 4.09. The summed E-state index contributed by atoms with van der Waals surface area (Å²) in [6.07, 6.45) is 4.95. The van der Waals surface area contributed by atoms with E-state index >= 15 is 0 Å². The molecule has 0 unspecified atom stereocenters. The maximum Gasteiger partial charge on any atom is 0.340 e. The molecule has 32 heavy (non-hydrogen) atoms. The van der Waals surface area contributed by atoms with Crippen LogP contribution in [0.15, 0.2) is 65.7 Å². The van der Waals surface area contributed by atoms with Gasteiger partial charge in [-0.15, -0.1) is 0 Å². The van der Waals surface area contributed by atoms with E-state index in [0.29, 0.717) is 17.8 Å². The standard InChI is InChI=1S/C25H24N4O3/c1-3-4-13-29-24(30)23(27-20-15-26-14-18-7-5-6-8-19(18)20)21(25(31)32)22(28-29)17-11-9-16(2)10-12-17/h5-12,14-15,27H,3-4,13H2,1-2H3,(H,31,32). The number of carboxylic acids is 1. The van der Waals surface area contributed by atoms with Crippen LogP contribution in [0.3, 0.4) is 0 Å². The van der Waals surface area contributed by atoms with Crippen molar-refractivity contribution in [2.45, 2.75) is 33.2 Å². The molecule has 2 heterocycles. The summed E-state index contributed by atoms with van der Waals surface area (Å²) in [7, 11) is 0. The van der Waals surface area contributed by atoms with Crippen molar-refractivity contribution in [3.63, 3.8) is 0 Å². The van der Waals surface area contributed by atoms with Gasteiger partial charge in [-0.25, -0.2) is 9.48 Å². The number of carboxylic acid groups (broad SMARTS) is 1. The molecule has 7 heteroatoms. The van der Waals surface area contributed by atoms with Gasteiger partial charge in [0.15, 0.2) is 0 Å². The number of nitrogens with zero attached hydrogens (tertiary/aromatic N) is 3. The van der Waals surface area contributed by atoms with Gasteiger partial charge < -0.3 is 10.4 Å². The highest BCUT2D eigenvalue weighted by atomic mass is 16.4. The number of benzene rings is 2. The first kappa shape index (κ1) is 21.2. The topological polar surface area (TPSA) is 97.1 Å². The molecule has 0 fully saturated rings. The Bertz CT molecular complexity index is 1340. The number of aromatic nitrogens is 3. The second-order valence-corrected chi connectivity index (χ2v) is 7.68. The van der Waals surface area contributed by atoms with E-state index in [-0.39, 0.29) is 16.9 Å². The number of nitrogens with one attached hydrogen (secondary N) is 1. The number of rotatable bonds is 7. The zero-order valence-corrected chi connectivity index (χ0v) is 18.0. The van der Waals surface area contributed by atoms with Gasteiger partial charge in [-0.05, 0) is 13.3 Å². The summed E-state index contributed by atoms with van der Waals surface area (Å²) >= 11 is 0. The maximum absolute atomic E-state index is 13.3. The van der Waals surface area contributed by atoms with Gasteiger partial charge in [0.1, 0.15) is 16.9 Å². The van der Waals surface area contributed by atoms with Crippen LogP contribution in [0.5, 0.6) is 0 Å². The molecule has 2 N–H and O–H groups in total.